The van der Waals surface area contributed by atoms with Gasteiger partial charge in [-0.1, -0.05) is 19.8 Å². The van der Waals surface area contributed by atoms with Gasteiger partial charge < -0.3 is 19.4 Å². The molecule has 0 unspecified atom stereocenters. The Labute approximate surface area is 167 Å². The van der Waals surface area contributed by atoms with E-state index in [1.165, 1.54) is 12.8 Å². The van der Waals surface area contributed by atoms with Crippen LogP contribution < -0.4 is 4.74 Å². The van der Waals surface area contributed by atoms with E-state index in [2.05, 4.69) is 16.8 Å². The Balaban J connectivity index is 1.47. The van der Waals surface area contributed by atoms with Gasteiger partial charge in [0.2, 0.25) is 0 Å². The standard InChI is InChI=1S/C23H32N2O3/c1-3-4-5-14-27-20-7-6-19-21(17(20)2)18(15-24-19)22(26)28-16-23-8-11-25(12-9-23)13-10-23/h6-7,15,24H,3-5,8-14,16H2,1-2H3. The Hall–Kier alpha value is -2.01. The summed E-state index contributed by atoms with van der Waals surface area (Å²) < 4.78 is 11.8. The molecule has 0 aliphatic carbocycles. The van der Waals surface area contributed by atoms with E-state index in [0.717, 1.165) is 67.5 Å². The first-order valence-electron chi connectivity index (χ1n) is 10.7. The van der Waals surface area contributed by atoms with Crippen LogP contribution in [-0.2, 0) is 4.74 Å². The number of aromatic nitrogens is 1. The van der Waals surface area contributed by atoms with Gasteiger partial charge >= 0.3 is 5.97 Å². The van der Waals surface area contributed by atoms with Crippen LogP contribution in [0.25, 0.3) is 10.9 Å². The number of nitrogens with one attached hydrogen (secondary N) is 1. The van der Waals surface area contributed by atoms with Crippen molar-refractivity contribution in [2.24, 2.45) is 5.41 Å². The molecule has 3 aliphatic heterocycles. The SMILES string of the molecule is CCCCCOc1ccc2[nH]cc(C(=O)OCC34CCN(CC3)CC4)c2c1C. The van der Waals surface area contributed by atoms with Crippen LogP contribution >= 0.6 is 0 Å². The maximum atomic E-state index is 12.9. The summed E-state index contributed by atoms with van der Waals surface area (Å²) in [5.74, 6) is 0.635. The molecule has 5 nitrogen and oxygen atoms in total. The molecule has 3 aliphatic rings. The summed E-state index contributed by atoms with van der Waals surface area (Å²) >= 11 is 0. The minimum absolute atomic E-state index is 0.194. The number of rotatable bonds is 8. The van der Waals surface area contributed by atoms with Crippen LogP contribution in [0.3, 0.4) is 0 Å². The van der Waals surface area contributed by atoms with Crippen LogP contribution in [0.15, 0.2) is 18.3 Å². The molecule has 4 heterocycles. The van der Waals surface area contributed by atoms with Crippen molar-refractivity contribution in [1.29, 1.82) is 0 Å². The number of carbonyl (C=O) groups is 1. The van der Waals surface area contributed by atoms with Gasteiger partial charge in [0.1, 0.15) is 5.75 Å². The van der Waals surface area contributed by atoms with Crippen molar-refractivity contribution in [3.05, 3.63) is 29.5 Å². The van der Waals surface area contributed by atoms with E-state index in [1.807, 2.05) is 19.1 Å². The molecule has 0 radical (unpaired) electrons. The smallest absolute Gasteiger partial charge is 0.340 e. The summed E-state index contributed by atoms with van der Waals surface area (Å²) in [6.07, 6.45) is 8.60. The number of unbranched alkanes of at least 4 members (excludes halogenated alkanes) is 2. The lowest BCUT2D eigenvalue weighted by molar-refractivity contribution is -0.0304. The van der Waals surface area contributed by atoms with Gasteiger partial charge in [-0.15, -0.1) is 0 Å². The highest BCUT2D eigenvalue weighted by Gasteiger charge is 2.40. The number of aromatic amines is 1. The van der Waals surface area contributed by atoms with Crippen LogP contribution in [0.2, 0.25) is 0 Å². The maximum Gasteiger partial charge on any atom is 0.340 e. The molecule has 5 heteroatoms. The van der Waals surface area contributed by atoms with Crippen molar-refractivity contribution in [1.82, 2.24) is 9.88 Å². The van der Waals surface area contributed by atoms with Crippen LogP contribution in [0, 0.1) is 12.3 Å². The number of hydrogen-bond acceptors (Lipinski definition) is 4. The average Bonchev–Trinajstić information content (AvgIpc) is 3.17. The molecule has 0 atom stereocenters. The largest absolute Gasteiger partial charge is 0.493 e. The summed E-state index contributed by atoms with van der Waals surface area (Å²) in [5.41, 5.74) is 2.77. The first-order valence-corrected chi connectivity index (χ1v) is 10.7. The van der Waals surface area contributed by atoms with Crippen molar-refractivity contribution in [3.63, 3.8) is 0 Å². The number of H-pyrrole nitrogens is 1. The average molecular weight is 385 g/mol. The monoisotopic (exact) mass is 384 g/mol. The van der Waals surface area contributed by atoms with Gasteiger partial charge in [-0.2, -0.15) is 0 Å². The van der Waals surface area contributed by atoms with Gasteiger partial charge in [-0.05, 0) is 64.4 Å². The fraction of sp³-hybridized carbons (Fsp3) is 0.609. The number of ether oxygens (including phenoxy) is 2. The number of benzene rings is 1. The molecule has 0 amide bonds. The van der Waals surface area contributed by atoms with Crippen molar-refractivity contribution >= 4 is 16.9 Å². The van der Waals surface area contributed by atoms with Crippen LogP contribution in [0.1, 0.15) is 61.4 Å². The van der Waals surface area contributed by atoms with E-state index in [1.54, 1.807) is 6.20 Å². The third-order valence-corrected chi connectivity index (χ3v) is 6.67. The molecule has 2 aromatic rings. The van der Waals surface area contributed by atoms with Crippen LogP contribution in [-0.4, -0.2) is 48.7 Å². The predicted molar refractivity (Wildman–Crippen MR) is 111 cm³/mol. The second-order valence-electron chi connectivity index (χ2n) is 8.54. The van der Waals surface area contributed by atoms with Crippen molar-refractivity contribution in [2.45, 2.75) is 52.4 Å². The summed E-state index contributed by atoms with van der Waals surface area (Å²) in [4.78, 5) is 18.6. The topological polar surface area (TPSA) is 54.6 Å². The molecule has 3 saturated heterocycles. The van der Waals surface area contributed by atoms with Crippen molar-refractivity contribution in [3.8, 4) is 5.75 Å². The van der Waals surface area contributed by atoms with Gasteiger partial charge in [-0.25, -0.2) is 4.79 Å². The first-order chi connectivity index (χ1) is 13.6. The van der Waals surface area contributed by atoms with E-state index in [0.29, 0.717) is 18.8 Å². The van der Waals surface area contributed by atoms with Crippen molar-refractivity contribution < 1.29 is 14.3 Å². The molecule has 0 saturated carbocycles. The lowest BCUT2D eigenvalue weighted by atomic mass is 9.73. The summed E-state index contributed by atoms with van der Waals surface area (Å²) in [5, 5.41) is 0.925. The molecule has 28 heavy (non-hydrogen) atoms. The molecule has 0 spiro atoms. The zero-order valence-corrected chi connectivity index (χ0v) is 17.2. The second kappa shape index (κ2) is 8.16. The number of carbonyl (C=O) groups excluding carboxylic acids is 1. The van der Waals surface area contributed by atoms with Gasteiger partial charge in [0.25, 0.3) is 0 Å². The Morgan fingerprint density at radius 1 is 1.18 bits per heavy atom. The first kappa shape index (κ1) is 19.3. The minimum atomic E-state index is -0.222. The molecule has 152 valence electrons. The van der Waals surface area contributed by atoms with Gasteiger partial charge in [0.05, 0.1) is 18.8 Å². The molecular weight excluding hydrogens is 352 g/mol. The molecular formula is C23H32N2O3. The number of esters is 1. The van der Waals surface area contributed by atoms with E-state index in [-0.39, 0.29) is 11.4 Å². The molecule has 5 rings (SSSR count). The Kier molecular flexibility index (Phi) is 5.63. The highest BCUT2D eigenvalue weighted by Crippen LogP contribution is 2.40. The molecule has 3 fully saturated rings. The quantitative estimate of drug-likeness (QED) is 0.530. The fourth-order valence-electron chi connectivity index (χ4n) is 4.64. The van der Waals surface area contributed by atoms with Crippen LogP contribution in [0.5, 0.6) is 5.75 Å². The Morgan fingerprint density at radius 2 is 1.93 bits per heavy atom. The van der Waals surface area contributed by atoms with E-state index >= 15 is 0 Å². The Morgan fingerprint density at radius 3 is 2.64 bits per heavy atom. The van der Waals surface area contributed by atoms with E-state index < -0.39 is 0 Å². The number of nitrogens with zero attached hydrogens (tertiary/aromatic N) is 1. The van der Waals surface area contributed by atoms with E-state index in [4.69, 9.17) is 9.47 Å². The normalized spacial score (nSPS) is 23.9. The van der Waals surface area contributed by atoms with Gasteiger partial charge in [0.15, 0.2) is 0 Å². The molecule has 1 aromatic carbocycles. The summed E-state index contributed by atoms with van der Waals surface area (Å²) in [6, 6.07) is 3.98. The fourth-order valence-corrected chi connectivity index (χ4v) is 4.64. The molecule has 1 aromatic heterocycles. The molecule has 2 bridgehead atoms. The summed E-state index contributed by atoms with van der Waals surface area (Å²) in [7, 11) is 0. The van der Waals surface area contributed by atoms with Crippen LogP contribution in [0.4, 0.5) is 0 Å². The highest BCUT2D eigenvalue weighted by molar-refractivity contribution is 6.06. The zero-order valence-electron chi connectivity index (χ0n) is 17.2. The lowest BCUT2D eigenvalue weighted by Gasteiger charge is -2.47. The van der Waals surface area contributed by atoms with Gasteiger partial charge in [0, 0.05) is 28.1 Å². The second-order valence-corrected chi connectivity index (χ2v) is 8.54. The highest BCUT2D eigenvalue weighted by atomic mass is 16.5. The van der Waals surface area contributed by atoms with Crippen molar-refractivity contribution in [2.75, 3.05) is 32.8 Å². The number of piperidine rings is 3. The lowest BCUT2D eigenvalue weighted by Crippen LogP contribution is -2.50. The molecule has 1 N–H and O–H groups in total. The summed E-state index contributed by atoms with van der Waals surface area (Å²) in [6.45, 7) is 8.89. The maximum absolute atomic E-state index is 12.9. The zero-order chi connectivity index (χ0) is 19.6. The number of aryl methyl sites for hydroxylation is 1. The third-order valence-electron chi connectivity index (χ3n) is 6.67. The number of hydrogen-bond donors (Lipinski definition) is 1. The van der Waals surface area contributed by atoms with Gasteiger partial charge in [-0.3, -0.25) is 0 Å². The minimum Gasteiger partial charge on any atom is -0.493 e. The van der Waals surface area contributed by atoms with E-state index in [9.17, 15) is 4.79 Å². The predicted octanol–water partition coefficient (Wildman–Crippen LogP) is 4.69. The Bertz CT molecular complexity index is 820. The third kappa shape index (κ3) is 3.77. The number of fused-ring (bicyclic) bond motifs is 4.